The topological polar surface area (TPSA) is 41.5 Å². The number of ether oxygens (including phenoxy) is 2. The largest absolute Gasteiger partial charge is 0.628 e. The van der Waals surface area contributed by atoms with Gasteiger partial charge in [-0.1, -0.05) is 12.1 Å². The van der Waals surface area contributed by atoms with Crippen LogP contribution < -0.4 is 4.74 Å². The molecule has 4 nitrogen and oxygen atoms in total. The maximum absolute atomic E-state index is 13.7. The predicted molar refractivity (Wildman–Crippen MR) is 86.1 cm³/mol. The Kier molecular flexibility index (Phi) is 7.61. The summed E-state index contributed by atoms with van der Waals surface area (Å²) in [6.07, 6.45) is 1.28. The molecule has 0 bridgehead atoms. The van der Waals surface area contributed by atoms with Gasteiger partial charge in [0.05, 0.1) is 39.6 Å². The molecule has 0 heterocycles. The van der Waals surface area contributed by atoms with Crippen LogP contribution >= 0.6 is 0 Å². The summed E-state index contributed by atoms with van der Waals surface area (Å²) in [6.45, 7) is 4.00. The Bertz CT molecular complexity index is 485. The van der Waals surface area contributed by atoms with Crippen molar-refractivity contribution in [2.45, 2.75) is 32.8 Å². The molecule has 0 saturated heterocycles. The van der Waals surface area contributed by atoms with E-state index < -0.39 is 17.0 Å². The molecule has 0 saturated carbocycles. The van der Waals surface area contributed by atoms with Gasteiger partial charge in [-0.2, -0.15) is 0 Å². The second kappa shape index (κ2) is 8.96. The molecule has 0 aliphatic heterocycles. The number of hydrogen-bond donors (Lipinski definition) is 0. The van der Waals surface area contributed by atoms with Crippen molar-refractivity contribution in [3.8, 4) is 5.75 Å². The van der Waals surface area contributed by atoms with Crippen LogP contribution in [0.4, 0.5) is 8.78 Å². The number of allylic oxidation sites excluding steroid dienone is 1. The van der Waals surface area contributed by atoms with E-state index in [1.165, 1.54) is 0 Å². The fourth-order valence-electron chi connectivity index (χ4n) is 1.88. The minimum absolute atomic E-state index is 0.0829. The summed E-state index contributed by atoms with van der Waals surface area (Å²) in [5.41, 5.74) is 0.886. The maximum Gasteiger partial charge on any atom is 0.274 e. The Morgan fingerprint density at radius 1 is 1.17 bits per heavy atom. The van der Waals surface area contributed by atoms with Crippen molar-refractivity contribution in [1.82, 2.24) is 0 Å². The van der Waals surface area contributed by atoms with Crippen molar-refractivity contribution in [3.05, 3.63) is 47.3 Å². The van der Waals surface area contributed by atoms with Gasteiger partial charge in [-0.3, -0.25) is 0 Å². The molecule has 0 aliphatic rings. The average Bonchev–Trinajstić information content (AvgIpc) is 2.57. The van der Waals surface area contributed by atoms with Gasteiger partial charge in [-0.05, 0) is 31.5 Å². The Balaban J connectivity index is 2.39. The molecule has 0 atom stereocenters. The maximum atomic E-state index is 13.7. The first-order chi connectivity index (χ1) is 10.8. The summed E-state index contributed by atoms with van der Waals surface area (Å²) in [5.74, 6) is -2.31. The minimum Gasteiger partial charge on any atom is -0.628 e. The second-order valence-corrected chi connectivity index (χ2v) is 5.31. The monoisotopic (exact) mass is 329 g/mol. The molecule has 0 amide bonds. The SMILES string of the molecule is CC[N+]([O-])(/C=C/C(F)(F)CCOCc1ccc(OC)cc1)CC. The average molecular weight is 329 g/mol. The molecule has 6 heteroatoms. The van der Waals surface area contributed by atoms with Gasteiger partial charge in [0.15, 0.2) is 0 Å². The van der Waals surface area contributed by atoms with Crippen LogP contribution in [0, 0.1) is 5.21 Å². The van der Waals surface area contributed by atoms with Crippen LogP contribution in [0.25, 0.3) is 0 Å². The van der Waals surface area contributed by atoms with Gasteiger partial charge in [0, 0.05) is 12.5 Å². The van der Waals surface area contributed by atoms with Gasteiger partial charge in [0.2, 0.25) is 0 Å². The number of hydrogen-bond acceptors (Lipinski definition) is 3. The molecule has 0 radical (unpaired) electrons. The van der Waals surface area contributed by atoms with E-state index in [-0.39, 0.29) is 26.3 Å². The van der Waals surface area contributed by atoms with Crippen LogP contribution in [-0.2, 0) is 11.3 Å². The van der Waals surface area contributed by atoms with E-state index in [0.29, 0.717) is 6.08 Å². The molecule has 0 fully saturated rings. The second-order valence-electron chi connectivity index (χ2n) is 5.31. The standard InChI is InChI=1S/C17H25F2NO3/c1-4-20(21,5-2)12-10-17(18,19)11-13-23-14-15-6-8-16(22-3)9-7-15/h6-10,12H,4-5,11,13-14H2,1-3H3/b12-10+. The molecular weight excluding hydrogens is 304 g/mol. The third kappa shape index (κ3) is 7.07. The van der Waals surface area contributed by atoms with E-state index in [9.17, 15) is 14.0 Å². The summed E-state index contributed by atoms with van der Waals surface area (Å²) in [4.78, 5) is 0. The first-order valence-electron chi connectivity index (χ1n) is 7.71. The van der Waals surface area contributed by atoms with Gasteiger partial charge in [0.1, 0.15) is 5.75 Å². The lowest BCUT2D eigenvalue weighted by atomic mass is 10.2. The number of benzene rings is 1. The Morgan fingerprint density at radius 3 is 2.30 bits per heavy atom. The number of rotatable bonds is 10. The lowest BCUT2D eigenvalue weighted by Gasteiger charge is -2.37. The van der Waals surface area contributed by atoms with E-state index in [2.05, 4.69) is 0 Å². The van der Waals surface area contributed by atoms with Crippen LogP contribution in [0.15, 0.2) is 36.5 Å². The Morgan fingerprint density at radius 2 is 1.78 bits per heavy atom. The molecule has 0 spiro atoms. The summed E-state index contributed by atoms with van der Waals surface area (Å²) in [7, 11) is 1.58. The van der Waals surface area contributed by atoms with Gasteiger partial charge >= 0.3 is 0 Å². The molecule has 0 aromatic heterocycles. The normalized spacial score (nSPS) is 12.8. The Hall–Kier alpha value is -1.50. The van der Waals surface area contributed by atoms with Gasteiger partial charge in [-0.25, -0.2) is 8.78 Å². The van der Waals surface area contributed by atoms with Crippen molar-refractivity contribution in [2.24, 2.45) is 0 Å². The highest BCUT2D eigenvalue weighted by atomic mass is 19.3. The lowest BCUT2D eigenvalue weighted by Crippen LogP contribution is -2.36. The molecular formula is C17H25F2NO3. The molecule has 130 valence electrons. The number of hydroxylamine groups is 3. The fraction of sp³-hybridized carbons (Fsp3) is 0.529. The highest BCUT2D eigenvalue weighted by Crippen LogP contribution is 2.22. The molecule has 1 aromatic carbocycles. The zero-order valence-electron chi connectivity index (χ0n) is 13.9. The van der Waals surface area contributed by atoms with Crippen molar-refractivity contribution >= 4 is 0 Å². The van der Waals surface area contributed by atoms with Crippen molar-refractivity contribution in [1.29, 1.82) is 0 Å². The zero-order valence-corrected chi connectivity index (χ0v) is 13.9. The summed E-state index contributed by atoms with van der Waals surface area (Å²) < 4.78 is 37.0. The zero-order chi connectivity index (χ0) is 17.3. The number of alkyl halides is 2. The van der Waals surface area contributed by atoms with E-state index in [0.717, 1.165) is 17.5 Å². The van der Waals surface area contributed by atoms with E-state index in [1.54, 1.807) is 33.1 Å². The number of quaternary nitrogens is 1. The van der Waals surface area contributed by atoms with E-state index in [1.807, 2.05) is 12.1 Å². The third-order valence-corrected chi connectivity index (χ3v) is 3.67. The van der Waals surface area contributed by atoms with Gasteiger partial charge in [-0.15, -0.1) is 0 Å². The number of nitrogens with zero attached hydrogens (tertiary/aromatic N) is 1. The van der Waals surface area contributed by atoms with Crippen molar-refractivity contribution < 1.29 is 22.9 Å². The first-order valence-corrected chi connectivity index (χ1v) is 7.71. The third-order valence-electron chi connectivity index (χ3n) is 3.67. The molecule has 1 rings (SSSR count). The molecule has 1 aromatic rings. The smallest absolute Gasteiger partial charge is 0.274 e. The molecule has 23 heavy (non-hydrogen) atoms. The number of methoxy groups -OCH3 is 1. The lowest BCUT2D eigenvalue weighted by molar-refractivity contribution is -0.825. The summed E-state index contributed by atoms with van der Waals surface area (Å²) in [5, 5.41) is 11.9. The minimum atomic E-state index is -3.04. The first kappa shape index (κ1) is 19.5. The van der Waals surface area contributed by atoms with Crippen molar-refractivity contribution in [2.75, 3.05) is 26.8 Å². The predicted octanol–water partition coefficient (Wildman–Crippen LogP) is 4.11. The van der Waals surface area contributed by atoms with Gasteiger partial charge < -0.3 is 19.3 Å². The van der Waals surface area contributed by atoms with Crippen LogP contribution in [0.2, 0.25) is 0 Å². The van der Waals surface area contributed by atoms with Gasteiger partial charge in [0.25, 0.3) is 5.92 Å². The highest BCUT2D eigenvalue weighted by Gasteiger charge is 2.26. The van der Waals surface area contributed by atoms with Crippen molar-refractivity contribution in [3.63, 3.8) is 0 Å². The van der Waals surface area contributed by atoms with Crippen LogP contribution in [0.5, 0.6) is 5.75 Å². The van der Waals surface area contributed by atoms with Crippen LogP contribution in [0.3, 0.4) is 0 Å². The fourth-order valence-corrected chi connectivity index (χ4v) is 1.88. The molecule has 0 aliphatic carbocycles. The summed E-state index contributed by atoms with van der Waals surface area (Å²) >= 11 is 0. The van der Waals surface area contributed by atoms with E-state index >= 15 is 0 Å². The highest BCUT2D eigenvalue weighted by molar-refractivity contribution is 5.26. The van der Waals surface area contributed by atoms with E-state index in [4.69, 9.17) is 9.47 Å². The van der Waals surface area contributed by atoms with Crippen LogP contribution in [0.1, 0.15) is 25.8 Å². The molecule has 0 N–H and O–H groups in total. The quantitative estimate of drug-likeness (QED) is 0.368. The van der Waals surface area contributed by atoms with Crippen LogP contribution in [-0.4, -0.2) is 37.4 Å². The Labute approximate surface area is 136 Å². The molecule has 0 unspecified atom stereocenters. The number of halogens is 2. The summed E-state index contributed by atoms with van der Waals surface area (Å²) in [6, 6.07) is 7.22.